The Bertz CT molecular complexity index is 475. The van der Waals surface area contributed by atoms with E-state index in [2.05, 4.69) is 12.2 Å². The van der Waals surface area contributed by atoms with Gasteiger partial charge in [-0.1, -0.05) is 18.2 Å². The number of amides is 1. The maximum Gasteiger partial charge on any atom is 0.242 e. The van der Waals surface area contributed by atoms with Crippen LogP contribution in [0.15, 0.2) is 4.99 Å². The molecule has 4 atom stereocenters. The summed E-state index contributed by atoms with van der Waals surface area (Å²) >= 11 is 1.68. The standard InChI is InChI=1S/C16H24N2O2S/c1-16(12-4-6-20-7-5-12)14(19)18-15(21-16)17-13-9-10-2-3-11(13)8-10/h10-13H,2-9H2,1H3,(H,17,18,19)/t10-,11+,13?,16+/m1/s1. The third kappa shape index (κ3) is 2.42. The highest BCUT2D eigenvalue weighted by Gasteiger charge is 2.49. The Morgan fingerprint density at radius 3 is 2.71 bits per heavy atom. The Hall–Kier alpha value is -0.550. The molecule has 4 rings (SSSR count). The molecular weight excluding hydrogens is 284 g/mol. The summed E-state index contributed by atoms with van der Waals surface area (Å²) in [5, 5.41) is 3.94. The maximum atomic E-state index is 12.5. The van der Waals surface area contributed by atoms with E-state index in [1.54, 1.807) is 11.8 Å². The number of hydrogen-bond donors (Lipinski definition) is 1. The van der Waals surface area contributed by atoms with E-state index >= 15 is 0 Å². The van der Waals surface area contributed by atoms with Gasteiger partial charge in [-0.3, -0.25) is 9.79 Å². The molecule has 21 heavy (non-hydrogen) atoms. The zero-order chi connectivity index (χ0) is 14.4. The number of amidine groups is 1. The minimum absolute atomic E-state index is 0.154. The van der Waals surface area contributed by atoms with Crippen molar-refractivity contribution in [2.24, 2.45) is 22.7 Å². The lowest BCUT2D eigenvalue weighted by atomic mass is 9.86. The molecule has 2 saturated heterocycles. The van der Waals surface area contributed by atoms with Crippen LogP contribution in [0.25, 0.3) is 0 Å². The smallest absolute Gasteiger partial charge is 0.242 e. The van der Waals surface area contributed by atoms with Crippen LogP contribution < -0.4 is 5.32 Å². The third-order valence-electron chi connectivity index (χ3n) is 5.96. The zero-order valence-electron chi connectivity index (χ0n) is 12.6. The number of fused-ring (bicyclic) bond motifs is 2. The van der Waals surface area contributed by atoms with Gasteiger partial charge < -0.3 is 10.1 Å². The van der Waals surface area contributed by atoms with Crippen LogP contribution in [0, 0.1) is 17.8 Å². The van der Waals surface area contributed by atoms with Crippen LogP contribution in [0.2, 0.25) is 0 Å². The summed E-state index contributed by atoms with van der Waals surface area (Å²) in [6, 6.07) is 0.462. The minimum atomic E-state index is -0.347. The minimum Gasteiger partial charge on any atom is -0.381 e. The van der Waals surface area contributed by atoms with E-state index in [0.29, 0.717) is 12.0 Å². The summed E-state index contributed by atoms with van der Waals surface area (Å²) in [7, 11) is 0. The van der Waals surface area contributed by atoms with Crippen molar-refractivity contribution in [3.63, 3.8) is 0 Å². The highest BCUT2D eigenvalue weighted by Crippen LogP contribution is 2.47. The number of carbonyl (C=O) groups excluding carboxylic acids is 1. The summed E-state index contributed by atoms with van der Waals surface area (Å²) in [5.41, 5.74) is 0. The first-order valence-corrected chi connectivity index (χ1v) is 9.13. The highest BCUT2D eigenvalue weighted by atomic mass is 32.2. The van der Waals surface area contributed by atoms with Crippen molar-refractivity contribution in [3.8, 4) is 0 Å². The van der Waals surface area contributed by atoms with Crippen LogP contribution in [-0.4, -0.2) is 35.1 Å². The van der Waals surface area contributed by atoms with Crippen LogP contribution in [0.3, 0.4) is 0 Å². The zero-order valence-corrected chi connectivity index (χ0v) is 13.5. The number of ether oxygens (including phenoxy) is 1. The molecule has 1 N–H and O–H groups in total. The monoisotopic (exact) mass is 308 g/mol. The molecule has 0 aromatic heterocycles. The highest BCUT2D eigenvalue weighted by molar-refractivity contribution is 8.16. The van der Waals surface area contributed by atoms with Crippen LogP contribution in [-0.2, 0) is 9.53 Å². The van der Waals surface area contributed by atoms with Crippen molar-refractivity contribution in [2.45, 2.75) is 56.2 Å². The lowest BCUT2D eigenvalue weighted by molar-refractivity contribution is -0.123. The van der Waals surface area contributed by atoms with Crippen LogP contribution in [0.5, 0.6) is 0 Å². The van der Waals surface area contributed by atoms with Gasteiger partial charge >= 0.3 is 0 Å². The Morgan fingerprint density at radius 1 is 1.24 bits per heavy atom. The number of nitrogens with zero attached hydrogens (tertiary/aromatic N) is 1. The SMILES string of the molecule is C[C@@]1(C2CCOCC2)SC(=NC2C[C@@H]3CC[C@H]2C3)NC1=O. The molecule has 5 heteroatoms. The molecule has 1 amide bonds. The molecule has 116 valence electrons. The van der Waals surface area contributed by atoms with Crippen LogP contribution >= 0.6 is 11.8 Å². The van der Waals surface area contributed by atoms with Gasteiger partial charge in [0.2, 0.25) is 5.91 Å². The van der Waals surface area contributed by atoms with Gasteiger partial charge in [-0.05, 0) is 56.8 Å². The van der Waals surface area contributed by atoms with Gasteiger partial charge in [0, 0.05) is 13.2 Å². The predicted molar refractivity (Wildman–Crippen MR) is 84.4 cm³/mol. The molecule has 0 aromatic carbocycles. The van der Waals surface area contributed by atoms with Crippen molar-refractivity contribution in [2.75, 3.05) is 13.2 Å². The number of nitrogens with one attached hydrogen (secondary N) is 1. The van der Waals surface area contributed by atoms with Gasteiger partial charge in [-0.2, -0.15) is 0 Å². The quantitative estimate of drug-likeness (QED) is 0.853. The van der Waals surface area contributed by atoms with Crippen LogP contribution in [0.4, 0.5) is 0 Å². The fourth-order valence-corrected chi connectivity index (χ4v) is 5.87. The number of thioether (sulfide) groups is 1. The predicted octanol–water partition coefficient (Wildman–Crippen LogP) is 2.58. The lowest BCUT2D eigenvalue weighted by Gasteiger charge is -2.33. The second-order valence-corrected chi connectivity index (χ2v) is 8.67. The normalized spacial score (nSPS) is 45.5. The van der Waals surface area contributed by atoms with E-state index in [1.165, 1.54) is 25.7 Å². The maximum absolute atomic E-state index is 12.5. The third-order valence-corrected chi connectivity index (χ3v) is 7.31. The van der Waals surface area contributed by atoms with E-state index in [4.69, 9.17) is 9.73 Å². The van der Waals surface area contributed by atoms with Crippen molar-refractivity contribution in [1.82, 2.24) is 5.32 Å². The average molecular weight is 308 g/mol. The molecule has 0 radical (unpaired) electrons. The van der Waals surface area contributed by atoms with Crippen molar-refractivity contribution in [3.05, 3.63) is 0 Å². The number of hydrogen-bond acceptors (Lipinski definition) is 4. The number of rotatable bonds is 2. The van der Waals surface area contributed by atoms with Gasteiger partial charge in [-0.15, -0.1) is 0 Å². The summed E-state index contributed by atoms with van der Waals surface area (Å²) in [6.07, 6.45) is 7.29. The molecule has 1 unspecified atom stereocenters. The summed E-state index contributed by atoms with van der Waals surface area (Å²) in [6.45, 7) is 3.66. The fraction of sp³-hybridized carbons (Fsp3) is 0.875. The molecule has 4 aliphatic rings. The molecule has 4 fully saturated rings. The number of carbonyl (C=O) groups is 1. The summed E-state index contributed by atoms with van der Waals surface area (Å²) in [4.78, 5) is 17.4. The van der Waals surface area contributed by atoms with Gasteiger partial charge in [0.25, 0.3) is 0 Å². The molecular formula is C16H24N2O2S. The first-order valence-electron chi connectivity index (χ1n) is 8.31. The van der Waals surface area contributed by atoms with E-state index in [1.807, 2.05) is 0 Å². The first-order chi connectivity index (χ1) is 10.1. The largest absolute Gasteiger partial charge is 0.381 e. The fourth-order valence-electron chi connectivity index (χ4n) is 4.59. The summed E-state index contributed by atoms with van der Waals surface area (Å²) in [5.74, 6) is 2.23. The molecule has 2 saturated carbocycles. The van der Waals surface area contributed by atoms with Crippen molar-refractivity contribution < 1.29 is 9.53 Å². The van der Waals surface area contributed by atoms with E-state index < -0.39 is 0 Å². The van der Waals surface area contributed by atoms with Gasteiger partial charge in [0.05, 0.1) is 6.04 Å². The molecule has 2 aliphatic heterocycles. The van der Waals surface area contributed by atoms with E-state index in [-0.39, 0.29) is 10.7 Å². The molecule has 4 nitrogen and oxygen atoms in total. The van der Waals surface area contributed by atoms with Gasteiger partial charge in [0.15, 0.2) is 5.17 Å². The van der Waals surface area contributed by atoms with Gasteiger partial charge in [0.1, 0.15) is 4.75 Å². The number of aliphatic imine (C=N–C) groups is 1. The van der Waals surface area contributed by atoms with Crippen molar-refractivity contribution >= 4 is 22.8 Å². The Kier molecular flexibility index (Phi) is 3.53. The molecule has 2 bridgehead atoms. The molecule has 0 aromatic rings. The Labute approximate surface area is 130 Å². The molecule has 2 aliphatic carbocycles. The molecule has 2 heterocycles. The van der Waals surface area contributed by atoms with Gasteiger partial charge in [-0.25, -0.2) is 0 Å². The van der Waals surface area contributed by atoms with Crippen molar-refractivity contribution in [1.29, 1.82) is 0 Å². The van der Waals surface area contributed by atoms with E-state index in [9.17, 15) is 4.79 Å². The second-order valence-electron chi connectivity index (χ2n) is 7.23. The first kappa shape index (κ1) is 14.1. The summed E-state index contributed by atoms with van der Waals surface area (Å²) < 4.78 is 5.09. The second kappa shape index (κ2) is 5.27. The van der Waals surface area contributed by atoms with Crippen LogP contribution in [0.1, 0.15) is 45.4 Å². The van der Waals surface area contributed by atoms with E-state index in [0.717, 1.165) is 43.1 Å². The topological polar surface area (TPSA) is 50.7 Å². The Balaban J connectivity index is 1.48. The average Bonchev–Trinajstić information content (AvgIpc) is 3.16. The lowest BCUT2D eigenvalue weighted by Crippen LogP contribution is -2.42. The Morgan fingerprint density at radius 2 is 2.05 bits per heavy atom. The molecule has 0 spiro atoms.